The van der Waals surface area contributed by atoms with Crippen LogP contribution in [0.3, 0.4) is 0 Å². The number of halogens is 1. The molecule has 1 unspecified atom stereocenters. The van der Waals surface area contributed by atoms with Crippen LogP contribution in [0.5, 0.6) is 11.5 Å². The summed E-state index contributed by atoms with van der Waals surface area (Å²) in [7, 11) is 1.46. The molecule has 288 valence electrons. The van der Waals surface area contributed by atoms with Crippen LogP contribution in [-0.2, 0) is 20.4 Å². The van der Waals surface area contributed by atoms with Gasteiger partial charge in [-0.2, -0.15) is 0 Å². The van der Waals surface area contributed by atoms with E-state index in [4.69, 9.17) is 21.1 Å². The number of nitrogens with one attached hydrogen (secondary N) is 2. The topological polar surface area (TPSA) is 131 Å². The standard InChI is InChI=1S/C44H48ClN3O7/c1-8-42(3,4)29-19-24-36(35(26-29)43(5,6)9-2)55-25-13-16-37(49)46-31-20-23-33-34(27-31)40(52)48(39(33)51)44(45,41(53)47-30-14-11-10-12-15-30)38(50)28-17-21-32(54-7)22-18-28/h10-12,14-15,17-24,26-27H,8-9,13,16,25H2,1-7H3,(H,46,49)(H,47,53). The van der Waals surface area contributed by atoms with E-state index < -0.39 is 28.5 Å². The number of amides is 4. The summed E-state index contributed by atoms with van der Waals surface area (Å²) in [6.45, 7) is 13.5. The molecule has 0 saturated heterocycles. The van der Waals surface area contributed by atoms with E-state index in [1.165, 1.54) is 55.1 Å². The van der Waals surface area contributed by atoms with Crippen molar-refractivity contribution in [2.24, 2.45) is 0 Å². The summed E-state index contributed by atoms with van der Waals surface area (Å²) in [6, 6.07) is 24.5. The average Bonchev–Trinajstić information content (AvgIpc) is 3.44. The highest BCUT2D eigenvalue weighted by atomic mass is 35.5. The van der Waals surface area contributed by atoms with Gasteiger partial charge in [0.25, 0.3) is 22.7 Å². The molecule has 0 aromatic heterocycles. The molecule has 4 aromatic carbocycles. The van der Waals surface area contributed by atoms with Crippen LogP contribution in [0.15, 0.2) is 91.0 Å². The van der Waals surface area contributed by atoms with Gasteiger partial charge in [-0.15, -0.1) is 0 Å². The van der Waals surface area contributed by atoms with Crippen LogP contribution in [0, 0.1) is 0 Å². The summed E-state index contributed by atoms with van der Waals surface area (Å²) in [5, 5.41) is 5.35. The van der Waals surface area contributed by atoms with Gasteiger partial charge < -0.3 is 20.1 Å². The monoisotopic (exact) mass is 765 g/mol. The lowest BCUT2D eigenvalue weighted by atomic mass is 9.76. The third-order valence-corrected chi connectivity index (χ3v) is 11.0. The van der Waals surface area contributed by atoms with Gasteiger partial charge in [0, 0.05) is 28.9 Å². The Morgan fingerprint density at radius 1 is 0.745 bits per heavy atom. The molecule has 1 aliphatic heterocycles. The Labute approximate surface area is 327 Å². The lowest BCUT2D eigenvalue weighted by Gasteiger charge is -2.32. The third kappa shape index (κ3) is 8.44. The fraction of sp³-hybridized carbons (Fsp3) is 0.341. The highest BCUT2D eigenvalue weighted by Gasteiger charge is 2.58. The van der Waals surface area contributed by atoms with E-state index in [9.17, 15) is 24.0 Å². The molecule has 0 bridgehead atoms. The van der Waals surface area contributed by atoms with Crippen molar-refractivity contribution in [3.8, 4) is 11.5 Å². The summed E-state index contributed by atoms with van der Waals surface area (Å²) in [6.07, 6.45) is 2.49. The van der Waals surface area contributed by atoms with Gasteiger partial charge in [-0.05, 0) is 96.3 Å². The van der Waals surface area contributed by atoms with E-state index in [0.717, 1.165) is 24.2 Å². The fourth-order valence-electron chi connectivity index (χ4n) is 6.21. The number of alkyl halides is 1. The second-order valence-corrected chi connectivity index (χ2v) is 15.4. The molecule has 4 aromatic rings. The largest absolute Gasteiger partial charge is 0.497 e. The number of imide groups is 1. The van der Waals surface area contributed by atoms with Crippen molar-refractivity contribution in [3.05, 3.63) is 119 Å². The summed E-state index contributed by atoms with van der Waals surface area (Å²) < 4.78 is 11.4. The van der Waals surface area contributed by atoms with Crippen LogP contribution in [0.2, 0.25) is 0 Å². The minimum atomic E-state index is -2.81. The number of Topliss-reactive ketones (excluding diaryl/α,β-unsaturated/α-hetero) is 1. The second-order valence-electron chi connectivity index (χ2n) is 14.9. The molecular formula is C44H48ClN3O7. The fourth-order valence-corrected chi connectivity index (χ4v) is 6.52. The number of hydrogen-bond donors (Lipinski definition) is 2. The molecule has 0 fully saturated rings. The molecule has 0 radical (unpaired) electrons. The van der Waals surface area contributed by atoms with Crippen LogP contribution < -0.4 is 20.1 Å². The molecule has 4 amide bonds. The predicted octanol–water partition coefficient (Wildman–Crippen LogP) is 8.92. The highest BCUT2D eigenvalue weighted by molar-refractivity contribution is 6.52. The number of para-hydroxylation sites is 1. The highest BCUT2D eigenvalue weighted by Crippen LogP contribution is 2.39. The normalized spacial score (nSPS) is 13.9. The molecule has 0 saturated carbocycles. The Kier molecular flexibility index (Phi) is 12.2. The first kappa shape index (κ1) is 40.7. The minimum absolute atomic E-state index is 0.0295. The molecule has 2 N–H and O–H groups in total. The summed E-state index contributed by atoms with van der Waals surface area (Å²) >= 11 is 6.91. The molecule has 1 atom stereocenters. The maximum absolute atomic E-state index is 14.1. The number of carbonyl (C=O) groups excluding carboxylic acids is 5. The quantitative estimate of drug-likeness (QED) is 0.0291. The van der Waals surface area contributed by atoms with Gasteiger partial charge in [-0.3, -0.25) is 24.0 Å². The number of ether oxygens (including phenoxy) is 2. The van der Waals surface area contributed by atoms with E-state index >= 15 is 0 Å². The minimum Gasteiger partial charge on any atom is -0.497 e. The number of hydrogen-bond acceptors (Lipinski definition) is 7. The number of benzene rings is 4. The molecule has 55 heavy (non-hydrogen) atoms. The second kappa shape index (κ2) is 16.5. The smallest absolute Gasteiger partial charge is 0.274 e. The Morgan fingerprint density at radius 3 is 2.04 bits per heavy atom. The Morgan fingerprint density at radius 2 is 1.40 bits per heavy atom. The number of carbonyl (C=O) groups is 5. The summed E-state index contributed by atoms with van der Waals surface area (Å²) in [5.41, 5.74) is 2.64. The Bertz CT molecular complexity index is 2100. The van der Waals surface area contributed by atoms with Crippen LogP contribution in [0.25, 0.3) is 0 Å². The lowest BCUT2D eigenvalue weighted by molar-refractivity contribution is -0.120. The number of nitrogens with zero attached hydrogens (tertiary/aromatic N) is 1. The first-order valence-electron chi connectivity index (χ1n) is 18.4. The van der Waals surface area contributed by atoms with Gasteiger partial charge in [0.2, 0.25) is 11.7 Å². The number of rotatable bonds is 16. The zero-order valence-electron chi connectivity index (χ0n) is 32.4. The third-order valence-electron chi connectivity index (χ3n) is 10.5. The van der Waals surface area contributed by atoms with Crippen LogP contribution in [-0.4, -0.2) is 53.0 Å². The van der Waals surface area contributed by atoms with E-state index in [1.807, 2.05) is 6.07 Å². The summed E-state index contributed by atoms with van der Waals surface area (Å²) in [5.74, 6) is -3.09. The molecule has 11 heteroatoms. The van der Waals surface area contributed by atoms with Gasteiger partial charge in [-0.25, -0.2) is 4.90 Å². The van der Waals surface area contributed by atoms with Gasteiger partial charge in [-0.1, -0.05) is 83.5 Å². The van der Waals surface area contributed by atoms with Gasteiger partial charge >= 0.3 is 0 Å². The number of methoxy groups -OCH3 is 1. The summed E-state index contributed by atoms with van der Waals surface area (Å²) in [4.78, 5) is 66.5. The lowest BCUT2D eigenvalue weighted by Crippen LogP contribution is -2.60. The van der Waals surface area contributed by atoms with Gasteiger partial charge in [0.05, 0.1) is 24.8 Å². The molecule has 1 heterocycles. The van der Waals surface area contributed by atoms with E-state index in [1.54, 1.807) is 30.3 Å². The van der Waals surface area contributed by atoms with Crippen molar-refractivity contribution in [3.63, 3.8) is 0 Å². The Balaban J connectivity index is 1.30. The number of anilines is 2. The van der Waals surface area contributed by atoms with Crippen molar-refractivity contribution in [1.82, 2.24) is 4.90 Å². The zero-order chi connectivity index (χ0) is 40.1. The SMILES string of the molecule is CCC(C)(C)c1ccc(OCCCC(=O)Nc2ccc3c(c2)C(=O)N(C(Cl)(C(=O)Nc2ccccc2)C(=O)c2ccc(OC)cc2)C3=O)c(C(C)(C)CC)c1. The van der Waals surface area contributed by atoms with Crippen LogP contribution in [0.4, 0.5) is 11.4 Å². The first-order valence-corrected chi connectivity index (χ1v) is 18.8. The number of ketones is 1. The average molecular weight is 766 g/mol. The molecular weight excluding hydrogens is 718 g/mol. The van der Waals surface area contributed by atoms with Crippen LogP contribution >= 0.6 is 11.6 Å². The molecule has 0 spiro atoms. The van der Waals surface area contributed by atoms with E-state index in [-0.39, 0.29) is 45.5 Å². The van der Waals surface area contributed by atoms with Crippen molar-refractivity contribution in [2.75, 3.05) is 24.4 Å². The van der Waals surface area contributed by atoms with Gasteiger partial charge in [0.15, 0.2) is 0 Å². The zero-order valence-corrected chi connectivity index (χ0v) is 33.1. The molecule has 0 aliphatic carbocycles. The van der Waals surface area contributed by atoms with Crippen molar-refractivity contribution in [1.29, 1.82) is 0 Å². The Hall–Kier alpha value is -5.48. The van der Waals surface area contributed by atoms with Crippen molar-refractivity contribution >= 4 is 52.4 Å². The molecule has 1 aliphatic rings. The van der Waals surface area contributed by atoms with Crippen LogP contribution in [0.1, 0.15) is 109 Å². The molecule has 10 nitrogen and oxygen atoms in total. The maximum Gasteiger partial charge on any atom is 0.274 e. The maximum atomic E-state index is 14.1. The van der Waals surface area contributed by atoms with Crippen molar-refractivity contribution < 1.29 is 33.4 Å². The predicted molar refractivity (Wildman–Crippen MR) is 214 cm³/mol. The van der Waals surface area contributed by atoms with Gasteiger partial charge in [0.1, 0.15) is 11.5 Å². The van der Waals surface area contributed by atoms with E-state index in [2.05, 4.69) is 64.3 Å². The van der Waals surface area contributed by atoms with Crippen molar-refractivity contribution in [2.45, 2.75) is 83.1 Å². The van der Waals surface area contributed by atoms with E-state index in [0.29, 0.717) is 29.4 Å². The first-order chi connectivity index (χ1) is 26.1. The molecule has 5 rings (SSSR count). The number of fused-ring (bicyclic) bond motifs is 1.